The van der Waals surface area contributed by atoms with Gasteiger partial charge in [-0.2, -0.15) is 0 Å². The zero-order valence-electron chi connectivity index (χ0n) is 9.76. The summed E-state index contributed by atoms with van der Waals surface area (Å²) in [5.41, 5.74) is 6.26. The van der Waals surface area contributed by atoms with Gasteiger partial charge in [-0.15, -0.1) is 0 Å². The van der Waals surface area contributed by atoms with Crippen LogP contribution in [-0.2, 0) is 9.53 Å². The van der Waals surface area contributed by atoms with Crippen LogP contribution in [0, 0.1) is 10.1 Å². The third-order valence-corrected chi connectivity index (χ3v) is 2.96. The van der Waals surface area contributed by atoms with Crippen LogP contribution < -0.4 is 5.73 Å². The van der Waals surface area contributed by atoms with Gasteiger partial charge in [-0.25, -0.2) is 0 Å². The Morgan fingerprint density at radius 2 is 2.28 bits per heavy atom. The number of nitro benzene ring substituents is 1. The van der Waals surface area contributed by atoms with Crippen molar-refractivity contribution in [3.05, 3.63) is 38.3 Å². The van der Waals surface area contributed by atoms with Crippen molar-refractivity contribution in [2.45, 2.75) is 19.4 Å². The van der Waals surface area contributed by atoms with E-state index in [9.17, 15) is 14.9 Å². The number of rotatable bonds is 5. The Balaban J connectivity index is 2.86. The Labute approximate surface area is 112 Å². The van der Waals surface area contributed by atoms with Crippen molar-refractivity contribution in [1.29, 1.82) is 0 Å². The van der Waals surface area contributed by atoms with E-state index in [2.05, 4.69) is 15.9 Å². The second-order valence-corrected chi connectivity index (χ2v) is 4.44. The Morgan fingerprint density at radius 1 is 1.61 bits per heavy atom. The summed E-state index contributed by atoms with van der Waals surface area (Å²) in [6.07, 6.45) is -0.00731. The lowest BCUT2D eigenvalue weighted by molar-refractivity contribution is -0.385. The maximum absolute atomic E-state index is 11.3. The average Bonchev–Trinajstić information content (AvgIpc) is 2.29. The van der Waals surface area contributed by atoms with Gasteiger partial charge in [-0.3, -0.25) is 14.9 Å². The van der Waals surface area contributed by atoms with E-state index in [1.807, 2.05) is 0 Å². The van der Waals surface area contributed by atoms with Crippen molar-refractivity contribution in [1.82, 2.24) is 0 Å². The molecule has 7 heteroatoms. The number of carbonyl (C=O) groups is 1. The zero-order valence-corrected chi connectivity index (χ0v) is 11.3. The largest absolute Gasteiger partial charge is 0.466 e. The fraction of sp³-hybridized carbons (Fsp3) is 0.364. The first-order chi connectivity index (χ1) is 8.45. The van der Waals surface area contributed by atoms with Gasteiger partial charge in [0.15, 0.2) is 0 Å². The Morgan fingerprint density at radius 3 is 2.83 bits per heavy atom. The van der Waals surface area contributed by atoms with Crippen LogP contribution in [0.5, 0.6) is 0 Å². The number of carbonyl (C=O) groups excluding carboxylic acids is 1. The maximum atomic E-state index is 11.3. The van der Waals surface area contributed by atoms with Crippen LogP contribution in [0.15, 0.2) is 22.7 Å². The molecule has 0 fully saturated rings. The molecule has 1 atom stereocenters. The Kier molecular flexibility index (Phi) is 5.24. The molecule has 0 aliphatic carbocycles. The van der Waals surface area contributed by atoms with Crippen LogP contribution in [0.25, 0.3) is 0 Å². The first kappa shape index (κ1) is 14.6. The van der Waals surface area contributed by atoms with Crippen molar-refractivity contribution in [3.63, 3.8) is 0 Å². The molecule has 0 unspecified atom stereocenters. The third kappa shape index (κ3) is 3.78. The summed E-state index contributed by atoms with van der Waals surface area (Å²) in [4.78, 5) is 21.5. The van der Waals surface area contributed by atoms with Crippen molar-refractivity contribution in [2.24, 2.45) is 5.73 Å². The van der Waals surface area contributed by atoms with E-state index >= 15 is 0 Å². The highest BCUT2D eigenvalue weighted by atomic mass is 79.9. The minimum Gasteiger partial charge on any atom is -0.466 e. The molecule has 0 aromatic heterocycles. The van der Waals surface area contributed by atoms with Gasteiger partial charge < -0.3 is 10.5 Å². The molecule has 0 saturated heterocycles. The third-order valence-electron chi connectivity index (χ3n) is 2.29. The molecular formula is C11H13BrN2O4. The number of hydrogen-bond donors (Lipinski definition) is 1. The monoisotopic (exact) mass is 316 g/mol. The van der Waals surface area contributed by atoms with E-state index in [0.29, 0.717) is 10.0 Å². The van der Waals surface area contributed by atoms with Crippen molar-refractivity contribution < 1.29 is 14.5 Å². The molecule has 1 aromatic rings. The molecular weight excluding hydrogens is 304 g/mol. The Hall–Kier alpha value is -1.47. The molecule has 6 nitrogen and oxygen atoms in total. The predicted molar refractivity (Wildman–Crippen MR) is 69.0 cm³/mol. The summed E-state index contributed by atoms with van der Waals surface area (Å²) in [5.74, 6) is -0.421. The van der Waals surface area contributed by atoms with Gasteiger partial charge in [0.1, 0.15) is 0 Å². The zero-order chi connectivity index (χ0) is 13.7. The van der Waals surface area contributed by atoms with Crippen LogP contribution in [0.2, 0.25) is 0 Å². The van der Waals surface area contributed by atoms with Gasteiger partial charge in [0.25, 0.3) is 5.69 Å². The minimum absolute atomic E-state index is 0.00731. The van der Waals surface area contributed by atoms with E-state index in [1.165, 1.54) is 6.07 Å². The normalized spacial score (nSPS) is 11.9. The summed E-state index contributed by atoms with van der Waals surface area (Å²) in [5, 5.41) is 10.8. The van der Waals surface area contributed by atoms with Gasteiger partial charge in [-0.05, 0) is 34.5 Å². The maximum Gasteiger partial charge on any atom is 0.307 e. The van der Waals surface area contributed by atoms with Crippen LogP contribution in [0.3, 0.4) is 0 Å². The van der Waals surface area contributed by atoms with Crippen molar-refractivity contribution in [2.75, 3.05) is 6.61 Å². The molecule has 0 spiro atoms. The van der Waals surface area contributed by atoms with E-state index in [0.717, 1.165) is 0 Å². The van der Waals surface area contributed by atoms with Crippen LogP contribution >= 0.6 is 15.9 Å². The SMILES string of the molecule is CCOC(=O)C[C@H](N)c1ccc(Br)c([N+](=O)[O-])c1. The molecule has 0 aliphatic heterocycles. The number of benzene rings is 1. The summed E-state index contributed by atoms with van der Waals surface area (Å²) in [7, 11) is 0. The summed E-state index contributed by atoms with van der Waals surface area (Å²) < 4.78 is 5.15. The van der Waals surface area contributed by atoms with Crippen LogP contribution in [0.4, 0.5) is 5.69 Å². The fourth-order valence-corrected chi connectivity index (χ4v) is 1.81. The molecule has 1 aromatic carbocycles. The average molecular weight is 317 g/mol. The number of ether oxygens (including phenoxy) is 1. The number of nitro groups is 1. The van der Waals surface area contributed by atoms with Crippen molar-refractivity contribution >= 4 is 27.6 Å². The van der Waals surface area contributed by atoms with Gasteiger partial charge >= 0.3 is 5.97 Å². The molecule has 0 aliphatic rings. The van der Waals surface area contributed by atoms with Crippen LogP contribution in [-0.4, -0.2) is 17.5 Å². The van der Waals surface area contributed by atoms with Gasteiger partial charge in [0.05, 0.1) is 22.4 Å². The first-order valence-corrected chi connectivity index (χ1v) is 6.10. The second-order valence-electron chi connectivity index (χ2n) is 3.58. The fourth-order valence-electron chi connectivity index (χ4n) is 1.42. The van der Waals surface area contributed by atoms with Crippen LogP contribution in [0.1, 0.15) is 24.9 Å². The standard InChI is InChI=1S/C11H13BrN2O4/c1-2-18-11(15)6-9(13)7-3-4-8(12)10(5-7)14(16)17/h3-5,9H,2,6,13H2,1H3/t9-/m0/s1. The lowest BCUT2D eigenvalue weighted by Gasteiger charge is -2.11. The minimum atomic E-state index is -0.615. The number of esters is 1. The molecule has 98 valence electrons. The van der Waals surface area contributed by atoms with Gasteiger partial charge in [0.2, 0.25) is 0 Å². The molecule has 0 saturated carbocycles. The van der Waals surface area contributed by atoms with E-state index in [-0.39, 0.29) is 18.7 Å². The molecule has 1 rings (SSSR count). The number of nitrogens with two attached hydrogens (primary N) is 1. The summed E-state index contributed by atoms with van der Waals surface area (Å²) in [6.45, 7) is 1.99. The molecule has 0 amide bonds. The second kappa shape index (κ2) is 6.46. The molecule has 2 N–H and O–H groups in total. The number of hydrogen-bond acceptors (Lipinski definition) is 5. The molecule has 0 radical (unpaired) electrons. The molecule has 0 bridgehead atoms. The Bertz CT molecular complexity index is 464. The molecule has 0 heterocycles. The molecule has 18 heavy (non-hydrogen) atoms. The van der Waals surface area contributed by atoms with Gasteiger partial charge in [-0.1, -0.05) is 6.07 Å². The first-order valence-electron chi connectivity index (χ1n) is 5.30. The highest BCUT2D eigenvalue weighted by Gasteiger charge is 2.18. The van der Waals surface area contributed by atoms with Gasteiger partial charge in [0, 0.05) is 12.1 Å². The lowest BCUT2D eigenvalue weighted by Crippen LogP contribution is -2.17. The van der Waals surface area contributed by atoms with E-state index in [4.69, 9.17) is 10.5 Å². The smallest absolute Gasteiger partial charge is 0.307 e. The highest BCUT2D eigenvalue weighted by Crippen LogP contribution is 2.28. The summed E-state index contributed by atoms with van der Waals surface area (Å²) >= 11 is 3.08. The number of halogens is 1. The topological polar surface area (TPSA) is 95.5 Å². The lowest BCUT2D eigenvalue weighted by atomic mass is 10.0. The van der Waals surface area contributed by atoms with E-state index in [1.54, 1.807) is 19.1 Å². The quantitative estimate of drug-likeness (QED) is 0.511. The highest BCUT2D eigenvalue weighted by molar-refractivity contribution is 9.10. The summed E-state index contributed by atoms with van der Waals surface area (Å²) in [6, 6.07) is 3.92. The van der Waals surface area contributed by atoms with E-state index < -0.39 is 16.9 Å². The number of nitrogens with zero attached hydrogens (tertiary/aromatic N) is 1. The van der Waals surface area contributed by atoms with Crippen molar-refractivity contribution in [3.8, 4) is 0 Å². The predicted octanol–water partition coefficient (Wildman–Crippen LogP) is 2.31.